The second kappa shape index (κ2) is 23.3. The molecule has 0 unspecified atom stereocenters. The molecular formula is C70H41BrF16N4O2. The molecule has 0 amide bonds. The number of nitrogens with zero attached hydrogens (tertiary/aromatic N) is 3. The number of halogens is 17. The third kappa shape index (κ3) is 9.61. The first-order chi connectivity index (χ1) is 44.1. The Labute approximate surface area is 525 Å². The highest BCUT2D eigenvalue weighted by Gasteiger charge is 2.37. The van der Waals surface area contributed by atoms with Gasteiger partial charge in [0, 0.05) is 15.6 Å². The molecule has 0 atom stereocenters. The van der Waals surface area contributed by atoms with Crippen molar-refractivity contribution in [2.45, 2.75) is 55.4 Å². The summed E-state index contributed by atoms with van der Waals surface area (Å²) in [4.78, 5) is 8.75. The van der Waals surface area contributed by atoms with Crippen LogP contribution >= 0.6 is 15.9 Å². The van der Waals surface area contributed by atoms with E-state index in [1.165, 1.54) is 13.8 Å². The van der Waals surface area contributed by atoms with Gasteiger partial charge in [0.25, 0.3) is 0 Å². The van der Waals surface area contributed by atoms with Crippen molar-refractivity contribution in [1.29, 1.82) is 0 Å². The molecule has 0 radical (unpaired) electrons. The Morgan fingerprint density at radius 1 is 0.301 bits per heavy atom. The van der Waals surface area contributed by atoms with E-state index in [1.54, 1.807) is 65.8 Å². The van der Waals surface area contributed by atoms with Crippen LogP contribution in [0.4, 0.5) is 98.7 Å². The first kappa shape index (κ1) is 63.3. The van der Waals surface area contributed by atoms with Crippen molar-refractivity contribution in [2.75, 3.05) is 10.2 Å². The molecule has 10 aromatic carbocycles. The summed E-state index contributed by atoms with van der Waals surface area (Å²) in [6.45, 7) is 12.8. The fourth-order valence-corrected chi connectivity index (χ4v) is 12.6. The van der Waals surface area contributed by atoms with E-state index in [4.69, 9.17) is 9.47 Å². The number of ether oxygens (including phenoxy) is 2. The SMILES string of the molecule is Cc1c(C)c(-c2c3c(F)c(F)c(F)c(F)c3nc3c(F)c(F)c(F)c(F)c23)c(C)c(C)c1Br.Cc1c(C)c(N2c3ccccc3Oc3ccccc32)c(C)c(C)c1-c1c2c(F)c(F)c(F)c(F)c2nc2c(F)c(F)c(F)c(F)c12.c1ccc2c(c1)Nc1ccccc1O2. The number of benzene rings is 10. The average Bonchev–Trinajstić information content (AvgIpc) is 0.716. The Morgan fingerprint density at radius 2 is 0.559 bits per heavy atom. The van der Waals surface area contributed by atoms with Crippen LogP contribution < -0.4 is 19.7 Å². The number of hydrogen-bond acceptors (Lipinski definition) is 6. The Hall–Kier alpha value is -9.90. The lowest BCUT2D eigenvalue weighted by Gasteiger charge is -2.36. The third-order valence-electron chi connectivity index (χ3n) is 17.0. The predicted octanol–water partition coefficient (Wildman–Crippen LogP) is 22.7. The second-order valence-corrected chi connectivity index (χ2v) is 22.7. The standard InChI is InChI=1S/C35H20F8N2O.C23H12BrF8N.C12H9NO/c1-13-15(3)35(45-17-9-5-7-11-19(17)46-20-12-8-6-10-18(20)45)16(4)14(2)21(13)22-23-25(36)27(38)29(40)31(42)33(23)44-34-24(22)26(37)28(39)30(41)32(34)43;1-5-7(3)13(24)8(4)6(2)9(5)10-11-14(25)16(27)18(29)20(31)22(11)33-23-12(10)15(26)17(28)19(30)21(23)32;1-3-7-11-9(5-1)13-10-6-2-4-8-12(10)14-11/h5-12H,1-4H3;1-4H3;1-8,13H. The lowest BCUT2D eigenvalue weighted by molar-refractivity contribution is 0.414. The Morgan fingerprint density at radius 3 is 0.882 bits per heavy atom. The highest BCUT2D eigenvalue weighted by molar-refractivity contribution is 9.10. The summed E-state index contributed by atoms with van der Waals surface area (Å²) in [5.41, 5.74) is 1.08. The van der Waals surface area contributed by atoms with Crippen molar-refractivity contribution >= 4 is 88.0 Å². The molecule has 23 heteroatoms. The molecule has 0 aliphatic carbocycles. The van der Waals surface area contributed by atoms with Crippen LogP contribution in [0.2, 0.25) is 0 Å². The highest BCUT2D eigenvalue weighted by atomic mass is 79.9. The number of hydrogen-bond donors (Lipinski definition) is 1. The van der Waals surface area contributed by atoms with Crippen LogP contribution in [0.3, 0.4) is 0 Å². The van der Waals surface area contributed by atoms with Crippen molar-refractivity contribution in [3.63, 3.8) is 0 Å². The van der Waals surface area contributed by atoms with Crippen LogP contribution in [-0.2, 0) is 0 Å². The van der Waals surface area contributed by atoms with Gasteiger partial charge in [-0.15, -0.1) is 0 Å². The third-order valence-corrected chi connectivity index (χ3v) is 18.1. The molecule has 14 rings (SSSR count). The number of nitrogens with one attached hydrogen (secondary N) is 1. The first-order valence-corrected chi connectivity index (χ1v) is 28.7. The maximum Gasteiger partial charge on any atom is 0.199 e. The maximum atomic E-state index is 15.7. The van der Waals surface area contributed by atoms with Gasteiger partial charge in [0.2, 0.25) is 0 Å². The van der Waals surface area contributed by atoms with Crippen molar-refractivity contribution in [3.05, 3.63) is 239 Å². The van der Waals surface area contributed by atoms with Crippen LogP contribution in [-0.4, -0.2) is 9.97 Å². The lowest BCUT2D eigenvalue weighted by Crippen LogP contribution is -2.19. The molecule has 472 valence electrons. The quantitative estimate of drug-likeness (QED) is 0.0823. The summed E-state index contributed by atoms with van der Waals surface area (Å²) in [5.74, 6) is -30.9. The Bertz CT molecular complexity index is 4950. The summed E-state index contributed by atoms with van der Waals surface area (Å²) in [6.07, 6.45) is 0. The molecule has 0 saturated carbocycles. The summed E-state index contributed by atoms with van der Waals surface area (Å²) < 4.78 is 248. The zero-order chi connectivity index (χ0) is 67.0. The van der Waals surface area contributed by atoms with Crippen molar-refractivity contribution < 1.29 is 79.7 Å². The van der Waals surface area contributed by atoms with E-state index in [2.05, 4.69) is 31.2 Å². The summed E-state index contributed by atoms with van der Waals surface area (Å²) in [5, 5.41) is -0.872. The molecule has 0 saturated heterocycles. The van der Waals surface area contributed by atoms with Crippen molar-refractivity contribution in [3.8, 4) is 45.3 Å². The molecular weight excluding hydrogens is 1310 g/mol. The molecule has 6 nitrogen and oxygen atoms in total. The van der Waals surface area contributed by atoms with Gasteiger partial charge in [-0.05, 0) is 160 Å². The number of anilines is 5. The van der Waals surface area contributed by atoms with Gasteiger partial charge in [0.15, 0.2) is 116 Å². The Balaban J connectivity index is 0.000000153. The number of rotatable bonds is 3. The lowest BCUT2D eigenvalue weighted by atomic mass is 9.84. The number of pyridine rings is 2. The number of fused-ring (bicyclic) bond motifs is 8. The molecule has 4 heterocycles. The van der Waals surface area contributed by atoms with Gasteiger partial charge in [0.05, 0.1) is 50.0 Å². The molecule has 0 spiro atoms. The highest BCUT2D eigenvalue weighted by Crippen LogP contribution is 2.55. The Kier molecular flexibility index (Phi) is 15.9. The van der Waals surface area contributed by atoms with Gasteiger partial charge in [-0.1, -0.05) is 64.5 Å². The van der Waals surface area contributed by atoms with E-state index >= 15 is 26.3 Å². The summed E-state index contributed by atoms with van der Waals surface area (Å²) in [7, 11) is 0. The fraction of sp³-hybridized carbons (Fsp3) is 0.114. The molecule has 2 aliphatic rings. The molecule has 1 N–H and O–H groups in total. The predicted molar refractivity (Wildman–Crippen MR) is 325 cm³/mol. The van der Waals surface area contributed by atoms with Gasteiger partial charge < -0.3 is 19.7 Å². The van der Waals surface area contributed by atoms with E-state index in [-0.39, 0.29) is 11.1 Å². The minimum absolute atomic E-state index is 0.0146. The number of para-hydroxylation sites is 8. The summed E-state index contributed by atoms with van der Waals surface area (Å²) >= 11 is 3.38. The smallest absolute Gasteiger partial charge is 0.199 e. The van der Waals surface area contributed by atoms with Gasteiger partial charge in [-0.25, -0.2) is 80.2 Å². The zero-order valence-electron chi connectivity index (χ0n) is 49.3. The van der Waals surface area contributed by atoms with Crippen LogP contribution in [0.25, 0.3) is 65.9 Å². The van der Waals surface area contributed by atoms with E-state index in [0.29, 0.717) is 77.5 Å². The van der Waals surface area contributed by atoms with Crippen molar-refractivity contribution in [2.24, 2.45) is 0 Å². The molecule has 93 heavy (non-hydrogen) atoms. The average molecular weight is 1350 g/mol. The molecule has 2 aliphatic heterocycles. The monoisotopic (exact) mass is 1350 g/mol. The van der Waals surface area contributed by atoms with E-state index in [0.717, 1.165) is 22.9 Å². The van der Waals surface area contributed by atoms with Gasteiger partial charge in [0.1, 0.15) is 22.1 Å². The van der Waals surface area contributed by atoms with Gasteiger partial charge in [-0.3, -0.25) is 0 Å². The number of aromatic nitrogens is 2. The fourth-order valence-electron chi connectivity index (χ4n) is 12.0. The maximum absolute atomic E-state index is 15.7. The van der Waals surface area contributed by atoms with Crippen molar-refractivity contribution in [1.82, 2.24) is 9.97 Å². The van der Waals surface area contributed by atoms with E-state index in [9.17, 15) is 43.9 Å². The van der Waals surface area contributed by atoms with Crippen LogP contribution in [0.15, 0.2) is 102 Å². The largest absolute Gasteiger partial charge is 0.453 e. The molecule has 2 aromatic heterocycles. The van der Waals surface area contributed by atoms with E-state index < -0.39 is 148 Å². The second-order valence-electron chi connectivity index (χ2n) is 21.9. The minimum Gasteiger partial charge on any atom is -0.453 e. The molecule has 0 fully saturated rings. The van der Waals surface area contributed by atoms with Crippen LogP contribution in [0, 0.1) is 148 Å². The van der Waals surface area contributed by atoms with Crippen LogP contribution in [0.5, 0.6) is 23.0 Å². The first-order valence-electron chi connectivity index (χ1n) is 27.9. The molecule has 12 aromatic rings. The normalized spacial score (nSPS) is 12.2. The van der Waals surface area contributed by atoms with E-state index in [1.807, 2.05) is 77.7 Å². The summed E-state index contributed by atoms with van der Waals surface area (Å²) in [6, 6.07) is 30.3. The van der Waals surface area contributed by atoms with Gasteiger partial charge in [-0.2, -0.15) is 0 Å². The van der Waals surface area contributed by atoms with Gasteiger partial charge >= 0.3 is 0 Å². The van der Waals surface area contributed by atoms with Crippen LogP contribution in [0.1, 0.15) is 44.5 Å². The minimum atomic E-state index is -2.26. The molecule has 0 bridgehead atoms. The topological polar surface area (TPSA) is 59.5 Å². The zero-order valence-corrected chi connectivity index (χ0v) is 50.9.